The van der Waals surface area contributed by atoms with Crippen LogP contribution in [0.3, 0.4) is 0 Å². The van der Waals surface area contributed by atoms with Crippen molar-refractivity contribution in [1.29, 1.82) is 0 Å². The highest BCUT2D eigenvalue weighted by molar-refractivity contribution is 9.11. The Morgan fingerprint density at radius 2 is 2.18 bits per heavy atom. The van der Waals surface area contributed by atoms with E-state index >= 15 is 0 Å². The summed E-state index contributed by atoms with van der Waals surface area (Å²) in [6, 6.07) is 5.21. The molecule has 2 rings (SSSR count). The smallest absolute Gasteiger partial charge is 0.256 e. The lowest BCUT2D eigenvalue weighted by atomic mass is 10.2. The number of hydrogen-bond acceptors (Lipinski definition) is 3. The number of carbonyl (C=O) groups is 1. The zero-order valence-corrected chi connectivity index (χ0v) is 10.8. The molecule has 0 saturated carbocycles. The van der Waals surface area contributed by atoms with Crippen LogP contribution < -0.4 is 5.32 Å². The number of rotatable bonds is 2. The number of aromatic hydroxyl groups is 1. The van der Waals surface area contributed by atoms with E-state index in [1.165, 1.54) is 23.5 Å². The molecule has 0 aliphatic heterocycles. The Kier molecular flexibility index (Phi) is 3.44. The summed E-state index contributed by atoms with van der Waals surface area (Å²) < 4.78 is 14.2. The van der Waals surface area contributed by atoms with Gasteiger partial charge in [-0.25, -0.2) is 4.39 Å². The fourth-order valence-corrected chi connectivity index (χ4v) is 2.37. The molecule has 6 heteroatoms. The van der Waals surface area contributed by atoms with Gasteiger partial charge in [0.2, 0.25) is 0 Å². The van der Waals surface area contributed by atoms with Crippen LogP contribution in [0, 0.1) is 5.82 Å². The van der Waals surface area contributed by atoms with Crippen molar-refractivity contribution in [1.82, 2.24) is 0 Å². The molecule has 0 aliphatic carbocycles. The minimum Gasteiger partial charge on any atom is -0.508 e. The van der Waals surface area contributed by atoms with Gasteiger partial charge < -0.3 is 10.4 Å². The van der Waals surface area contributed by atoms with Crippen molar-refractivity contribution in [3.05, 3.63) is 44.8 Å². The molecule has 0 bridgehead atoms. The molecular weight excluding hydrogens is 309 g/mol. The van der Waals surface area contributed by atoms with E-state index in [9.17, 15) is 9.18 Å². The minimum atomic E-state index is -0.673. The van der Waals surface area contributed by atoms with Crippen LogP contribution in [0.4, 0.5) is 10.1 Å². The zero-order valence-electron chi connectivity index (χ0n) is 8.41. The predicted octanol–water partition coefficient (Wildman–Crippen LogP) is 3.61. The third kappa shape index (κ3) is 2.83. The number of thiophene rings is 1. The molecule has 0 atom stereocenters. The van der Waals surface area contributed by atoms with Crippen LogP contribution in [-0.4, -0.2) is 11.0 Å². The largest absolute Gasteiger partial charge is 0.508 e. The summed E-state index contributed by atoms with van der Waals surface area (Å²) >= 11 is 4.61. The summed E-state index contributed by atoms with van der Waals surface area (Å²) in [5.74, 6) is -1.25. The zero-order chi connectivity index (χ0) is 12.4. The second-order valence-corrected chi connectivity index (χ2v) is 5.55. The number of benzene rings is 1. The molecule has 1 aromatic carbocycles. The molecule has 0 fully saturated rings. The number of halogens is 2. The summed E-state index contributed by atoms with van der Waals surface area (Å²) in [6.07, 6.45) is 0. The fourth-order valence-electron chi connectivity index (χ4n) is 1.23. The van der Waals surface area contributed by atoms with E-state index in [1.54, 1.807) is 11.4 Å². The number of amides is 1. The molecule has 1 aromatic heterocycles. The molecule has 88 valence electrons. The second kappa shape index (κ2) is 4.85. The quantitative estimate of drug-likeness (QED) is 0.832. The average molecular weight is 316 g/mol. The fraction of sp³-hybridized carbons (Fsp3) is 0. The maximum Gasteiger partial charge on any atom is 0.256 e. The Hall–Kier alpha value is -1.40. The molecule has 0 unspecified atom stereocenters. The van der Waals surface area contributed by atoms with Gasteiger partial charge in [0.25, 0.3) is 5.91 Å². The Balaban J connectivity index is 2.18. The van der Waals surface area contributed by atoms with Crippen molar-refractivity contribution in [2.45, 2.75) is 0 Å². The van der Waals surface area contributed by atoms with Gasteiger partial charge in [-0.3, -0.25) is 4.79 Å². The van der Waals surface area contributed by atoms with Gasteiger partial charge in [-0.2, -0.15) is 0 Å². The van der Waals surface area contributed by atoms with E-state index in [-0.39, 0.29) is 11.4 Å². The maximum absolute atomic E-state index is 13.4. The van der Waals surface area contributed by atoms with E-state index < -0.39 is 11.7 Å². The summed E-state index contributed by atoms with van der Waals surface area (Å²) in [5, 5.41) is 13.1. The molecule has 0 aliphatic rings. The molecule has 0 radical (unpaired) electrons. The summed E-state index contributed by atoms with van der Waals surface area (Å²) in [4.78, 5) is 11.7. The van der Waals surface area contributed by atoms with Gasteiger partial charge in [0.05, 0.1) is 15.0 Å². The lowest BCUT2D eigenvalue weighted by Crippen LogP contribution is -2.11. The standard InChI is InChI=1S/C11H7BrFNO2S/c12-10-3-6(5-17-10)11(16)14-9-2-1-7(15)4-8(9)13/h1-5,15H,(H,14,16). The van der Waals surface area contributed by atoms with Crippen LogP contribution in [0.25, 0.3) is 0 Å². The first-order valence-electron chi connectivity index (χ1n) is 4.60. The van der Waals surface area contributed by atoms with Crippen LogP contribution in [0.5, 0.6) is 5.75 Å². The number of phenols is 1. The van der Waals surface area contributed by atoms with Gasteiger partial charge in [0.1, 0.15) is 11.6 Å². The molecule has 1 amide bonds. The monoisotopic (exact) mass is 315 g/mol. The molecular formula is C11H7BrFNO2S. The Morgan fingerprint density at radius 3 is 2.76 bits per heavy atom. The number of nitrogens with one attached hydrogen (secondary N) is 1. The van der Waals surface area contributed by atoms with Gasteiger partial charge in [-0.1, -0.05) is 0 Å². The highest BCUT2D eigenvalue weighted by Crippen LogP contribution is 2.23. The molecule has 1 heterocycles. The number of phenolic OH excluding ortho intramolecular Hbond substituents is 1. The molecule has 3 nitrogen and oxygen atoms in total. The maximum atomic E-state index is 13.4. The molecule has 2 N–H and O–H groups in total. The van der Waals surface area contributed by atoms with Crippen LogP contribution >= 0.6 is 27.3 Å². The molecule has 17 heavy (non-hydrogen) atoms. The van der Waals surface area contributed by atoms with Gasteiger partial charge in [-0.05, 0) is 34.1 Å². The average Bonchev–Trinajstić information content (AvgIpc) is 2.69. The highest BCUT2D eigenvalue weighted by Gasteiger charge is 2.11. The van der Waals surface area contributed by atoms with Crippen molar-refractivity contribution < 1.29 is 14.3 Å². The third-order valence-electron chi connectivity index (χ3n) is 2.03. The normalized spacial score (nSPS) is 10.2. The van der Waals surface area contributed by atoms with E-state index in [4.69, 9.17) is 5.11 Å². The SMILES string of the molecule is O=C(Nc1ccc(O)cc1F)c1csc(Br)c1. The molecule has 2 aromatic rings. The number of carbonyl (C=O) groups excluding carboxylic acids is 1. The van der Waals surface area contributed by atoms with E-state index in [0.29, 0.717) is 5.56 Å². The Morgan fingerprint density at radius 1 is 1.41 bits per heavy atom. The summed E-state index contributed by atoms with van der Waals surface area (Å²) in [7, 11) is 0. The van der Waals surface area contributed by atoms with Crippen LogP contribution in [0.2, 0.25) is 0 Å². The summed E-state index contributed by atoms with van der Waals surface area (Å²) in [6.45, 7) is 0. The Labute approximate surface area is 109 Å². The van der Waals surface area contributed by atoms with Crippen molar-refractivity contribution in [3.8, 4) is 5.75 Å². The van der Waals surface area contributed by atoms with Gasteiger partial charge >= 0.3 is 0 Å². The van der Waals surface area contributed by atoms with Gasteiger partial charge in [0, 0.05) is 11.4 Å². The lowest BCUT2D eigenvalue weighted by Gasteiger charge is -2.05. The van der Waals surface area contributed by atoms with E-state index in [0.717, 1.165) is 9.85 Å². The minimum absolute atomic E-state index is 0.0372. The van der Waals surface area contributed by atoms with E-state index in [2.05, 4.69) is 21.2 Å². The first-order valence-corrected chi connectivity index (χ1v) is 6.27. The first-order chi connectivity index (χ1) is 8.06. The third-order valence-corrected chi connectivity index (χ3v) is 3.53. The van der Waals surface area contributed by atoms with E-state index in [1.807, 2.05) is 0 Å². The first kappa shape index (κ1) is 12.1. The van der Waals surface area contributed by atoms with Crippen LogP contribution in [-0.2, 0) is 0 Å². The van der Waals surface area contributed by atoms with Crippen molar-refractivity contribution in [3.63, 3.8) is 0 Å². The van der Waals surface area contributed by atoms with Gasteiger partial charge in [-0.15, -0.1) is 11.3 Å². The van der Waals surface area contributed by atoms with Crippen molar-refractivity contribution in [2.24, 2.45) is 0 Å². The van der Waals surface area contributed by atoms with Crippen molar-refractivity contribution >= 4 is 38.9 Å². The van der Waals surface area contributed by atoms with Gasteiger partial charge in [0.15, 0.2) is 0 Å². The highest BCUT2D eigenvalue weighted by atomic mass is 79.9. The predicted molar refractivity (Wildman–Crippen MR) is 68.0 cm³/mol. The van der Waals surface area contributed by atoms with Crippen LogP contribution in [0.15, 0.2) is 33.4 Å². The Bertz CT molecular complexity index is 570. The lowest BCUT2D eigenvalue weighted by molar-refractivity contribution is 0.102. The summed E-state index contributed by atoms with van der Waals surface area (Å²) in [5.41, 5.74) is 0.490. The second-order valence-electron chi connectivity index (χ2n) is 3.26. The topological polar surface area (TPSA) is 49.3 Å². The molecule has 0 spiro atoms. The van der Waals surface area contributed by atoms with Crippen molar-refractivity contribution in [2.75, 3.05) is 5.32 Å². The molecule has 0 saturated heterocycles. The number of hydrogen-bond donors (Lipinski definition) is 2. The van der Waals surface area contributed by atoms with Crippen LogP contribution in [0.1, 0.15) is 10.4 Å². The number of anilines is 1.